The van der Waals surface area contributed by atoms with Gasteiger partial charge in [0.1, 0.15) is 17.4 Å². The molecule has 1 aromatic heterocycles. The second-order valence-electron chi connectivity index (χ2n) is 3.08. The second-order valence-corrected chi connectivity index (χ2v) is 3.08. The number of imidazole rings is 1. The normalized spacial score (nSPS) is 15.7. The molecule has 0 amide bonds. The fourth-order valence-electron chi connectivity index (χ4n) is 1.63. The molecule has 0 aliphatic carbocycles. The van der Waals surface area contributed by atoms with Gasteiger partial charge in [-0.05, 0) is 12.8 Å². The summed E-state index contributed by atoms with van der Waals surface area (Å²) in [6, 6.07) is 0. The van der Waals surface area contributed by atoms with Gasteiger partial charge in [-0.1, -0.05) is 0 Å². The van der Waals surface area contributed by atoms with E-state index in [9.17, 15) is 0 Å². The molecular weight excluding hydrogens is 152 g/mol. The van der Waals surface area contributed by atoms with E-state index in [1.165, 1.54) is 12.8 Å². The van der Waals surface area contributed by atoms with Gasteiger partial charge in [-0.2, -0.15) is 0 Å². The molecular formula is C8H12N4. The predicted octanol–water partition coefficient (Wildman–Crippen LogP) is 0.503. The van der Waals surface area contributed by atoms with Crippen molar-refractivity contribution in [1.82, 2.24) is 9.55 Å². The third kappa shape index (κ3) is 0.995. The highest BCUT2D eigenvalue weighted by Gasteiger charge is 2.14. The molecule has 1 aliphatic heterocycles. The first-order valence-corrected chi connectivity index (χ1v) is 4.18. The van der Waals surface area contributed by atoms with Crippen molar-refractivity contribution in [2.45, 2.75) is 25.8 Å². The highest BCUT2D eigenvalue weighted by Crippen LogP contribution is 2.15. The summed E-state index contributed by atoms with van der Waals surface area (Å²) in [4.78, 5) is 4.22. The van der Waals surface area contributed by atoms with Crippen molar-refractivity contribution in [3.63, 3.8) is 0 Å². The summed E-state index contributed by atoms with van der Waals surface area (Å²) in [6.45, 7) is 0.963. The summed E-state index contributed by atoms with van der Waals surface area (Å²) in [5, 5.41) is 7.31. The molecule has 0 aromatic carbocycles. The lowest BCUT2D eigenvalue weighted by molar-refractivity contribution is 0.520. The van der Waals surface area contributed by atoms with E-state index in [0.29, 0.717) is 0 Å². The molecule has 64 valence electrons. The lowest BCUT2D eigenvalue weighted by Crippen LogP contribution is -2.20. The van der Waals surface area contributed by atoms with Crippen LogP contribution in [0.15, 0.2) is 6.20 Å². The third-order valence-electron chi connectivity index (χ3n) is 2.25. The summed E-state index contributed by atoms with van der Waals surface area (Å²) in [5.74, 6) is 1.20. The molecule has 1 aromatic rings. The number of amidine groups is 1. The maximum absolute atomic E-state index is 7.31. The van der Waals surface area contributed by atoms with Crippen molar-refractivity contribution in [3.8, 4) is 0 Å². The number of nitrogens with two attached hydrogens (primary N) is 1. The summed E-state index contributed by atoms with van der Waals surface area (Å²) in [6.07, 6.45) is 5.09. The van der Waals surface area contributed by atoms with Crippen LogP contribution in [0.2, 0.25) is 0 Å². The number of nitrogen functional groups attached to an aromatic ring is 1. The van der Waals surface area contributed by atoms with Gasteiger partial charge in [0, 0.05) is 13.0 Å². The van der Waals surface area contributed by atoms with Gasteiger partial charge in [0.25, 0.3) is 0 Å². The first-order chi connectivity index (χ1) is 5.79. The number of nitrogens with zero attached hydrogens (tertiary/aromatic N) is 2. The molecule has 2 rings (SSSR count). The van der Waals surface area contributed by atoms with Crippen LogP contribution in [0.25, 0.3) is 0 Å². The Morgan fingerprint density at radius 2 is 2.42 bits per heavy atom. The number of aromatic nitrogens is 2. The van der Waals surface area contributed by atoms with Crippen molar-refractivity contribution >= 4 is 5.84 Å². The second kappa shape index (κ2) is 2.62. The van der Waals surface area contributed by atoms with Crippen LogP contribution in [0.4, 0.5) is 0 Å². The van der Waals surface area contributed by atoms with Crippen LogP contribution in [-0.2, 0) is 13.0 Å². The van der Waals surface area contributed by atoms with E-state index in [1.54, 1.807) is 6.20 Å². The molecule has 3 N–H and O–H groups in total. The van der Waals surface area contributed by atoms with Crippen molar-refractivity contribution in [2.24, 2.45) is 5.73 Å². The molecule has 0 bridgehead atoms. The van der Waals surface area contributed by atoms with Gasteiger partial charge < -0.3 is 10.3 Å². The molecule has 0 atom stereocenters. The Morgan fingerprint density at radius 1 is 1.58 bits per heavy atom. The predicted molar refractivity (Wildman–Crippen MR) is 46.2 cm³/mol. The fourth-order valence-corrected chi connectivity index (χ4v) is 1.63. The summed E-state index contributed by atoms with van der Waals surface area (Å²) >= 11 is 0. The van der Waals surface area contributed by atoms with Crippen molar-refractivity contribution in [2.75, 3.05) is 0 Å². The van der Waals surface area contributed by atoms with Gasteiger partial charge in [0.05, 0.1) is 6.20 Å². The average molecular weight is 164 g/mol. The number of rotatable bonds is 1. The van der Waals surface area contributed by atoms with Crippen molar-refractivity contribution in [3.05, 3.63) is 17.7 Å². The van der Waals surface area contributed by atoms with E-state index in [0.717, 1.165) is 24.5 Å². The molecule has 0 saturated heterocycles. The number of hydrogen-bond donors (Lipinski definition) is 2. The zero-order valence-electron chi connectivity index (χ0n) is 6.88. The Kier molecular flexibility index (Phi) is 1.60. The Hall–Kier alpha value is -1.32. The number of hydrogen-bond acceptors (Lipinski definition) is 2. The largest absolute Gasteiger partial charge is 0.382 e. The zero-order chi connectivity index (χ0) is 8.55. The van der Waals surface area contributed by atoms with Gasteiger partial charge in [-0.3, -0.25) is 5.41 Å². The molecule has 4 nitrogen and oxygen atoms in total. The Morgan fingerprint density at radius 3 is 3.17 bits per heavy atom. The molecule has 12 heavy (non-hydrogen) atoms. The third-order valence-corrected chi connectivity index (χ3v) is 2.25. The minimum atomic E-state index is 0.121. The number of nitrogens with one attached hydrogen (secondary N) is 1. The van der Waals surface area contributed by atoms with Gasteiger partial charge in [0.15, 0.2) is 0 Å². The van der Waals surface area contributed by atoms with Crippen LogP contribution in [0, 0.1) is 5.41 Å². The maximum Gasteiger partial charge on any atom is 0.141 e. The van der Waals surface area contributed by atoms with E-state index in [-0.39, 0.29) is 5.84 Å². The van der Waals surface area contributed by atoms with Crippen LogP contribution in [0.5, 0.6) is 0 Å². The van der Waals surface area contributed by atoms with Gasteiger partial charge in [-0.15, -0.1) is 0 Å². The molecule has 0 unspecified atom stereocenters. The van der Waals surface area contributed by atoms with Crippen LogP contribution >= 0.6 is 0 Å². The van der Waals surface area contributed by atoms with Crippen LogP contribution in [-0.4, -0.2) is 15.4 Å². The van der Waals surface area contributed by atoms with E-state index in [1.807, 2.05) is 4.57 Å². The summed E-state index contributed by atoms with van der Waals surface area (Å²) < 4.78 is 2.05. The smallest absolute Gasteiger partial charge is 0.141 e. The summed E-state index contributed by atoms with van der Waals surface area (Å²) in [5.41, 5.74) is 6.17. The van der Waals surface area contributed by atoms with Crippen molar-refractivity contribution in [1.29, 1.82) is 5.41 Å². The molecule has 2 heterocycles. The molecule has 4 heteroatoms. The topological polar surface area (TPSA) is 67.7 Å². The monoisotopic (exact) mass is 164 g/mol. The highest BCUT2D eigenvalue weighted by atomic mass is 15.1. The number of aryl methyl sites for hydroxylation is 1. The van der Waals surface area contributed by atoms with E-state index >= 15 is 0 Å². The Labute approximate surface area is 70.9 Å². The van der Waals surface area contributed by atoms with E-state index in [2.05, 4.69) is 4.98 Å². The first kappa shape index (κ1) is 7.34. The minimum absolute atomic E-state index is 0.121. The zero-order valence-corrected chi connectivity index (χ0v) is 6.88. The molecule has 0 saturated carbocycles. The van der Waals surface area contributed by atoms with Crippen LogP contribution in [0.1, 0.15) is 24.4 Å². The first-order valence-electron chi connectivity index (χ1n) is 4.18. The lowest BCUT2D eigenvalue weighted by Gasteiger charge is -2.15. The lowest BCUT2D eigenvalue weighted by atomic mass is 10.1. The van der Waals surface area contributed by atoms with Crippen molar-refractivity contribution < 1.29 is 0 Å². The molecule has 0 spiro atoms. The van der Waals surface area contributed by atoms with Gasteiger partial charge in [-0.25, -0.2) is 4.98 Å². The van der Waals surface area contributed by atoms with Crippen LogP contribution in [0.3, 0.4) is 0 Å². The fraction of sp³-hybridized carbons (Fsp3) is 0.500. The molecule has 1 aliphatic rings. The molecule has 0 fully saturated rings. The minimum Gasteiger partial charge on any atom is -0.382 e. The average Bonchev–Trinajstić information content (AvgIpc) is 2.47. The molecule has 0 radical (unpaired) electrons. The Balaban J connectivity index is 2.44. The number of fused-ring (bicyclic) bond motifs is 1. The van der Waals surface area contributed by atoms with Gasteiger partial charge in [0.2, 0.25) is 0 Å². The quantitative estimate of drug-likeness (QED) is 0.469. The Bertz CT molecular complexity index is 313. The maximum atomic E-state index is 7.31. The highest BCUT2D eigenvalue weighted by molar-refractivity contribution is 5.93. The van der Waals surface area contributed by atoms with E-state index in [4.69, 9.17) is 11.1 Å². The van der Waals surface area contributed by atoms with E-state index < -0.39 is 0 Å². The SMILES string of the molecule is N=C(N)c1cnc2n1CCCC2. The van der Waals surface area contributed by atoms with Gasteiger partial charge >= 0.3 is 0 Å². The summed E-state index contributed by atoms with van der Waals surface area (Å²) in [7, 11) is 0. The van der Waals surface area contributed by atoms with Crippen LogP contribution < -0.4 is 5.73 Å². The standard InChI is InChI=1S/C8H12N4/c9-8(10)6-5-11-7-3-1-2-4-12(6)7/h5H,1-4H2,(H3,9,10).